The maximum atomic E-state index is 12.9. The van der Waals surface area contributed by atoms with Crippen molar-refractivity contribution in [1.82, 2.24) is 4.90 Å². The van der Waals surface area contributed by atoms with Crippen molar-refractivity contribution in [2.45, 2.75) is 57.1 Å². The lowest BCUT2D eigenvalue weighted by Crippen LogP contribution is -2.36. The number of likely N-dealkylation sites (tertiary alicyclic amines) is 1. The average molecular weight is 347 g/mol. The van der Waals surface area contributed by atoms with Crippen molar-refractivity contribution in [2.24, 2.45) is 0 Å². The zero-order valence-corrected chi connectivity index (χ0v) is 14.6. The van der Waals surface area contributed by atoms with Crippen LogP contribution in [0, 0.1) is 0 Å². The molecule has 1 aliphatic carbocycles. The van der Waals surface area contributed by atoms with Gasteiger partial charge in [-0.2, -0.15) is 0 Å². The Morgan fingerprint density at radius 3 is 2.60 bits per heavy atom. The van der Waals surface area contributed by atoms with Crippen molar-refractivity contribution in [1.29, 1.82) is 0 Å². The summed E-state index contributed by atoms with van der Waals surface area (Å²) in [7, 11) is 1.59. The molecule has 2 aliphatic rings. The van der Waals surface area contributed by atoms with Crippen LogP contribution >= 0.6 is 0 Å². The van der Waals surface area contributed by atoms with E-state index in [4.69, 9.17) is 14.6 Å². The monoisotopic (exact) mass is 347 g/mol. The first kappa shape index (κ1) is 17.6. The predicted molar refractivity (Wildman–Crippen MR) is 92.2 cm³/mol. The van der Waals surface area contributed by atoms with Crippen molar-refractivity contribution >= 4 is 11.9 Å². The number of hydrogen-bond donors (Lipinski definition) is 1. The molecule has 1 heterocycles. The lowest BCUT2D eigenvalue weighted by molar-refractivity contribution is -0.137. The molecule has 0 radical (unpaired) electrons. The fraction of sp³-hybridized carbons (Fsp3) is 0.579. The number of nitrogens with zero attached hydrogens (tertiary/aromatic N) is 1. The SMILES string of the molecule is COc1ccc(C(=O)N2CCCC2CC(=O)O)cc1OC1CCCC1. The first-order chi connectivity index (χ1) is 12.1. The molecular formula is C19H25NO5. The predicted octanol–water partition coefficient (Wildman–Crippen LogP) is 3.10. The Bertz CT molecular complexity index is 639. The van der Waals surface area contributed by atoms with Crippen LogP contribution in [0.1, 0.15) is 55.3 Å². The molecule has 2 fully saturated rings. The Morgan fingerprint density at radius 1 is 1.16 bits per heavy atom. The molecular weight excluding hydrogens is 322 g/mol. The Hall–Kier alpha value is -2.24. The number of rotatable bonds is 6. The van der Waals surface area contributed by atoms with Crippen LogP contribution in [-0.4, -0.2) is 47.7 Å². The number of ether oxygens (including phenoxy) is 2. The van der Waals surface area contributed by atoms with Gasteiger partial charge in [0, 0.05) is 18.2 Å². The van der Waals surface area contributed by atoms with Crippen LogP contribution in [0.5, 0.6) is 11.5 Å². The van der Waals surface area contributed by atoms with Gasteiger partial charge in [0.15, 0.2) is 11.5 Å². The lowest BCUT2D eigenvalue weighted by atomic mass is 10.1. The second kappa shape index (κ2) is 7.76. The summed E-state index contributed by atoms with van der Waals surface area (Å²) in [6.07, 6.45) is 6.11. The minimum atomic E-state index is -0.871. The Labute approximate surface area is 147 Å². The number of carboxylic acids is 1. The molecule has 25 heavy (non-hydrogen) atoms. The largest absolute Gasteiger partial charge is 0.493 e. The van der Waals surface area contributed by atoms with Crippen molar-refractivity contribution in [3.63, 3.8) is 0 Å². The van der Waals surface area contributed by atoms with Crippen LogP contribution in [0.15, 0.2) is 18.2 Å². The second-order valence-electron chi connectivity index (χ2n) is 6.78. The van der Waals surface area contributed by atoms with Gasteiger partial charge >= 0.3 is 5.97 Å². The van der Waals surface area contributed by atoms with E-state index in [1.807, 2.05) is 0 Å². The molecule has 1 aromatic rings. The molecule has 6 nitrogen and oxygen atoms in total. The molecule has 1 aliphatic heterocycles. The van der Waals surface area contributed by atoms with Crippen molar-refractivity contribution in [3.05, 3.63) is 23.8 Å². The Morgan fingerprint density at radius 2 is 1.92 bits per heavy atom. The van der Waals surface area contributed by atoms with Crippen molar-refractivity contribution in [2.75, 3.05) is 13.7 Å². The summed E-state index contributed by atoms with van der Waals surface area (Å²) in [6.45, 7) is 0.599. The number of methoxy groups -OCH3 is 1. The fourth-order valence-corrected chi connectivity index (χ4v) is 3.77. The standard InChI is InChI=1S/C19H25NO5/c1-24-16-9-8-13(11-17(16)25-15-6-2-3-7-15)19(23)20-10-4-5-14(20)12-18(21)22/h8-9,11,14-15H,2-7,10,12H2,1H3,(H,21,22). The van der Waals surface area contributed by atoms with Gasteiger partial charge in [-0.15, -0.1) is 0 Å². The molecule has 1 unspecified atom stereocenters. The van der Waals surface area contributed by atoms with E-state index in [1.165, 1.54) is 0 Å². The third kappa shape index (κ3) is 4.06. The molecule has 1 amide bonds. The van der Waals surface area contributed by atoms with Crippen LogP contribution in [0.3, 0.4) is 0 Å². The third-order valence-corrected chi connectivity index (χ3v) is 5.05. The first-order valence-corrected chi connectivity index (χ1v) is 8.96. The molecule has 136 valence electrons. The normalized spacial score (nSPS) is 20.7. The number of amides is 1. The van der Waals surface area contributed by atoms with Gasteiger partial charge in [-0.3, -0.25) is 9.59 Å². The quantitative estimate of drug-likeness (QED) is 0.856. The third-order valence-electron chi connectivity index (χ3n) is 5.05. The first-order valence-electron chi connectivity index (χ1n) is 8.96. The molecule has 1 saturated heterocycles. The highest BCUT2D eigenvalue weighted by atomic mass is 16.5. The van der Waals surface area contributed by atoms with Gasteiger partial charge in [0.2, 0.25) is 0 Å². The number of hydrogen-bond acceptors (Lipinski definition) is 4. The number of carbonyl (C=O) groups excluding carboxylic acids is 1. The molecule has 6 heteroatoms. The van der Waals surface area contributed by atoms with Crippen molar-refractivity contribution in [3.8, 4) is 11.5 Å². The van der Waals surface area contributed by atoms with E-state index < -0.39 is 5.97 Å². The van der Waals surface area contributed by atoms with Crippen LogP contribution in [0.25, 0.3) is 0 Å². The van der Waals surface area contributed by atoms with Gasteiger partial charge in [0.05, 0.1) is 19.6 Å². The van der Waals surface area contributed by atoms with Gasteiger partial charge in [0.25, 0.3) is 5.91 Å². The molecule has 3 rings (SSSR count). The summed E-state index contributed by atoms with van der Waals surface area (Å²) < 4.78 is 11.4. The minimum Gasteiger partial charge on any atom is -0.493 e. The topological polar surface area (TPSA) is 76.1 Å². The molecule has 0 aromatic heterocycles. The molecule has 1 atom stereocenters. The second-order valence-corrected chi connectivity index (χ2v) is 6.78. The molecule has 1 N–H and O–H groups in total. The summed E-state index contributed by atoms with van der Waals surface area (Å²) in [5.74, 6) is 0.202. The number of benzene rings is 1. The van der Waals surface area contributed by atoms with E-state index >= 15 is 0 Å². The van der Waals surface area contributed by atoms with E-state index in [1.54, 1.807) is 30.2 Å². The summed E-state index contributed by atoms with van der Waals surface area (Å²) in [4.78, 5) is 25.6. The highest BCUT2D eigenvalue weighted by molar-refractivity contribution is 5.95. The van der Waals surface area contributed by atoms with Crippen LogP contribution in [0.2, 0.25) is 0 Å². The summed E-state index contributed by atoms with van der Waals surface area (Å²) in [6, 6.07) is 4.97. The fourth-order valence-electron chi connectivity index (χ4n) is 3.77. The maximum absolute atomic E-state index is 12.9. The summed E-state index contributed by atoms with van der Waals surface area (Å²) in [5.41, 5.74) is 0.520. The highest BCUT2D eigenvalue weighted by Crippen LogP contribution is 2.33. The van der Waals surface area contributed by atoms with E-state index in [-0.39, 0.29) is 24.5 Å². The van der Waals surface area contributed by atoms with Gasteiger partial charge in [-0.25, -0.2) is 0 Å². The Balaban J connectivity index is 1.78. The Kier molecular flexibility index (Phi) is 5.46. The molecule has 1 aromatic carbocycles. The van der Waals surface area contributed by atoms with Crippen molar-refractivity contribution < 1.29 is 24.2 Å². The van der Waals surface area contributed by atoms with Crippen LogP contribution in [-0.2, 0) is 4.79 Å². The molecule has 1 saturated carbocycles. The summed E-state index contributed by atoms with van der Waals surface area (Å²) in [5, 5.41) is 9.04. The van der Waals surface area contributed by atoms with Crippen LogP contribution in [0.4, 0.5) is 0 Å². The van der Waals surface area contributed by atoms with Gasteiger partial charge in [0.1, 0.15) is 0 Å². The number of carbonyl (C=O) groups is 2. The number of aliphatic carboxylic acids is 1. The van der Waals surface area contributed by atoms with Crippen LogP contribution < -0.4 is 9.47 Å². The summed E-state index contributed by atoms with van der Waals surface area (Å²) >= 11 is 0. The van der Waals surface area contributed by atoms with Gasteiger partial charge < -0.3 is 19.5 Å². The van der Waals surface area contributed by atoms with Gasteiger partial charge in [-0.1, -0.05) is 0 Å². The zero-order valence-electron chi connectivity index (χ0n) is 14.6. The lowest BCUT2D eigenvalue weighted by Gasteiger charge is -2.24. The average Bonchev–Trinajstić information content (AvgIpc) is 3.25. The van der Waals surface area contributed by atoms with E-state index in [0.717, 1.165) is 38.5 Å². The molecule has 0 spiro atoms. The van der Waals surface area contributed by atoms with E-state index in [9.17, 15) is 9.59 Å². The maximum Gasteiger partial charge on any atom is 0.305 e. The smallest absolute Gasteiger partial charge is 0.305 e. The van der Waals surface area contributed by atoms with E-state index in [0.29, 0.717) is 23.6 Å². The zero-order chi connectivity index (χ0) is 17.8. The number of carboxylic acid groups (broad SMARTS) is 1. The van der Waals surface area contributed by atoms with E-state index in [2.05, 4.69) is 0 Å². The highest BCUT2D eigenvalue weighted by Gasteiger charge is 2.31. The molecule has 0 bridgehead atoms. The minimum absolute atomic E-state index is 0.00662. The van der Waals surface area contributed by atoms with Gasteiger partial charge in [-0.05, 0) is 56.7 Å².